The Labute approximate surface area is 173 Å². The highest BCUT2D eigenvalue weighted by Gasteiger charge is 2.25. The molecule has 1 heterocycles. The van der Waals surface area contributed by atoms with Gasteiger partial charge in [0.2, 0.25) is 5.91 Å². The van der Waals surface area contributed by atoms with Crippen molar-refractivity contribution in [2.24, 2.45) is 5.73 Å². The molecule has 7 nitrogen and oxygen atoms in total. The van der Waals surface area contributed by atoms with E-state index in [4.69, 9.17) is 15.2 Å². The van der Waals surface area contributed by atoms with Crippen LogP contribution in [0.5, 0.6) is 5.75 Å². The minimum absolute atomic E-state index is 0.138. The number of benzene rings is 1. The summed E-state index contributed by atoms with van der Waals surface area (Å²) in [5.74, 6) is -1.07. The largest absolute Gasteiger partial charge is 0.493 e. The van der Waals surface area contributed by atoms with Gasteiger partial charge in [0.25, 0.3) is 5.91 Å². The van der Waals surface area contributed by atoms with Gasteiger partial charge in [-0.3, -0.25) is 9.59 Å². The summed E-state index contributed by atoms with van der Waals surface area (Å²) in [5, 5.41) is 2.86. The number of carbonyl (C=O) groups is 3. The quantitative estimate of drug-likeness (QED) is 0.478. The van der Waals surface area contributed by atoms with Gasteiger partial charge in [-0.1, -0.05) is 25.1 Å². The van der Waals surface area contributed by atoms with Gasteiger partial charge in [-0.25, -0.2) is 4.79 Å². The topological polar surface area (TPSA) is 108 Å². The van der Waals surface area contributed by atoms with Crippen LogP contribution in [-0.2, 0) is 9.53 Å². The van der Waals surface area contributed by atoms with Crippen LogP contribution in [0.25, 0.3) is 6.08 Å². The van der Waals surface area contributed by atoms with Crippen LogP contribution in [-0.4, -0.2) is 31.0 Å². The lowest BCUT2D eigenvalue weighted by Crippen LogP contribution is -2.13. The van der Waals surface area contributed by atoms with Crippen LogP contribution in [0.4, 0.5) is 5.00 Å². The molecule has 0 atom stereocenters. The average molecular weight is 416 g/mol. The van der Waals surface area contributed by atoms with Crippen molar-refractivity contribution in [3.63, 3.8) is 0 Å². The minimum Gasteiger partial charge on any atom is -0.493 e. The molecular weight excluding hydrogens is 392 g/mol. The lowest BCUT2D eigenvalue weighted by Gasteiger charge is -2.08. The number of anilines is 1. The number of nitrogens with two attached hydrogens (primary N) is 1. The van der Waals surface area contributed by atoms with Crippen LogP contribution in [0.2, 0.25) is 0 Å². The summed E-state index contributed by atoms with van der Waals surface area (Å²) < 4.78 is 10.7. The van der Waals surface area contributed by atoms with Crippen LogP contribution >= 0.6 is 11.3 Å². The number of esters is 1. The standard InChI is InChI=1S/C21H24N2O5S/c1-4-12-28-15-9-7-6-8-14(15)10-11-16(24)23-20-17(21(26)27-5-2)13(3)18(29-20)19(22)25/h6-11H,4-5,12H2,1-3H3,(H2,22,25)(H,23,24)/b11-10+. The summed E-state index contributed by atoms with van der Waals surface area (Å²) in [5.41, 5.74) is 6.65. The van der Waals surface area contributed by atoms with Crippen LogP contribution in [0.1, 0.15) is 51.4 Å². The molecule has 0 aliphatic rings. The summed E-state index contributed by atoms with van der Waals surface area (Å²) in [6, 6.07) is 7.36. The predicted molar refractivity (Wildman–Crippen MR) is 113 cm³/mol. The van der Waals surface area contributed by atoms with Crippen molar-refractivity contribution in [1.82, 2.24) is 0 Å². The van der Waals surface area contributed by atoms with Gasteiger partial charge in [0.1, 0.15) is 10.8 Å². The SMILES string of the molecule is CCCOc1ccccc1/C=C/C(=O)Nc1sc(C(N)=O)c(C)c1C(=O)OCC. The van der Waals surface area contributed by atoms with Gasteiger partial charge in [-0.2, -0.15) is 0 Å². The monoisotopic (exact) mass is 416 g/mol. The minimum atomic E-state index is -0.670. The van der Waals surface area contributed by atoms with Gasteiger partial charge in [0.15, 0.2) is 0 Å². The third kappa shape index (κ3) is 5.68. The molecule has 0 unspecified atom stereocenters. The normalized spacial score (nSPS) is 10.7. The number of amides is 2. The van der Waals surface area contributed by atoms with Gasteiger partial charge >= 0.3 is 5.97 Å². The molecule has 0 fully saturated rings. The van der Waals surface area contributed by atoms with Crippen molar-refractivity contribution in [1.29, 1.82) is 0 Å². The number of nitrogens with one attached hydrogen (secondary N) is 1. The van der Waals surface area contributed by atoms with E-state index < -0.39 is 17.8 Å². The number of rotatable bonds is 9. The fraction of sp³-hybridized carbons (Fsp3) is 0.286. The third-order valence-corrected chi connectivity index (χ3v) is 5.10. The first-order valence-electron chi connectivity index (χ1n) is 9.20. The van der Waals surface area contributed by atoms with Crippen LogP contribution in [0.3, 0.4) is 0 Å². The van der Waals surface area contributed by atoms with E-state index in [1.165, 1.54) is 6.08 Å². The van der Waals surface area contributed by atoms with E-state index in [0.717, 1.165) is 23.3 Å². The molecule has 1 aromatic heterocycles. The lowest BCUT2D eigenvalue weighted by molar-refractivity contribution is -0.111. The summed E-state index contributed by atoms with van der Waals surface area (Å²) in [6.07, 6.45) is 3.83. The highest BCUT2D eigenvalue weighted by Crippen LogP contribution is 2.33. The zero-order valence-electron chi connectivity index (χ0n) is 16.6. The molecule has 2 amide bonds. The maximum Gasteiger partial charge on any atom is 0.341 e. The van der Waals surface area contributed by atoms with Crippen molar-refractivity contribution in [3.05, 3.63) is 51.9 Å². The molecule has 0 saturated heterocycles. The Hall–Kier alpha value is -3.13. The Morgan fingerprint density at radius 3 is 2.59 bits per heavy atom. The molecule has 2 rings (SSSR count). The number of ether oxygens (including phenoxy) is 2. The first-order chi connectivity index (χ1) is 13.9. The number of hydrogen-bond donors (Lipinski definition) is 2. The Kier molecular flexibility index (Phi) is 7.97. The van der Waals surface area contributed by atoms with Crippen molar-refractivity contribution >= 4 is 40.2 Å². The zero-order valence-corrected chi connectivity index (χ0v) is 17.4. The highest BCUT2D eigenvalue weighted by atomic mass is 32.1. The van der Waals surface area contributed by atoms with Crippen LogP contribution in [0, 0.1) is 6.92 Å². The Balaban J connectivity index is 2.25. The Bertz CT molecular complexity index is 933. The second-order valence-electron chi connectivity index (χ2n) is 6.05. The van der Waals surface area contributed by atoms with E-state index in [9.17, 15) is 14.4 Å². The van der Waals surface area contributed by atoms with Gasteiger partial charge < -0.3 is 20.5 Å². The molecule has 0 spiro atoms. The summed E-state index contributed by atoms with van der Waals surface area (Å²) >= 11 is 0.947. The molecule has 2 aromatic rings. The van der Waals surface area contributed by atoms with E-state index in [1.807, 2.05) is 31.2 Å². The average Bonchev–Trinajstić information content (AvgIpc) is 3.01. The van der Waals surface area contributed by atoms with E-state index >= 15 is 0 Å². The number of carbonyl (C=O) groups excluding carboxylic acids is 3. The van der Waals surface area contributed by atoms with E-state index in [1.54, 1.807) is 19.9 Å². The first-order valence-corrected chi connectivity index (χ1v) is 10.0. The second-order valence-corrected chi connectivity index (χ2v) is 7.07. The van der Waals surface area contributed by atoms with Gasteiger partial charge in [0.05, 0.1) is 23.7 Å². The molecule has 29 heavy (non-hydrogen) atoms. The van der Waals surface area contributed by atoms with Gasteiger partial charge in [0, 0.05) is 11.6 Å². The molecule has 8 heteroatoms. The van der Waals surface area contributed by atoms with E-state index in [-0.39, 0.29) is 22.0 Å². The van der Waals surface area contributed by atoms with E-state index in [2.05, 4.69) is 5.32 Å². The Morgan fingerprint density at radius 2 is 1.93 bits per heavy atom. The summed E-state index contributed by atoms with van der Waals surface area (Å²) in [6.45, 7) is 6.02. The van der Waals surface area contributed by atoms with E-state index in [0.29, 0.717) is 17.9 Å². The Morgan fingerprint density at radius 1 is 1.21 bits per heavy atom. The first kappa shape index (κ1) is 22.2. The van der Waals surface area contributed by atoms with Crippen molar-refractivity contribution in [2.75, 3.05) is 18.5 Å². The van der Waals surface area contributed by atoms with Crippen LogP contribution < -0.4 is 15.8 Å². The lowest BCUT2D eigenvalue weighted by atomic mass is 10.1. The third-order valence-electron chi connectivity index (χ3n) is 3.88. The summed E-state index contributed by atoms with van der Waals surface area (Å²) in [4.78, 5) is 36.5. The maximum absolute atomic E-state index is 12.4. The molecule has 0 bridgehead atoms. The number of primary amides is 1. The maximum atomic E-state index is 12.4. The molecule has 3 N–H and O–H groups in total. The highest BCUT2D eigenvalue weighted by molar-refractivity contribution is 7.18. The molecule has 154 valence electrons. The van der Waals surface area contributed by atoms with Crippen LogP contribution in [0.15, 0.2) is 30.3 Å². The molecular formula is C21H24N2O5S. The molecule has 0 aliphatic carbocycles. The number of para-hydroxylation sites is 1. The molecule has 0 saturated carbocycles. The predicted octanol–water partition coefficient (Wildman–Crippen LogP) is 3.77. The van der Waals surface area contributed by atoms with Crippen molar-refractivity contribution < 1.29 is 23.9 Å². The number of hydrogen-bond acceptors (Lipinski definition) is 6. The smallest absolute Gasteiger partial charge is 0.341 e. The second kappa shape index (κ2) is 10.4. The number of thiophene rings is 1. The molecule has 0 aliphatic heterocycles. The molecule has 1 aromatic carbocycles. The fourth-order valence-corrected chi connectivity index (χ4v) is 3.62. The molecule has 0 radical (unpaired) electrons. The van der Waals surface area contributed by atoms with Gasteiger partial charge in [-0.05, 0) is 38.0 Å². The van der Waals surface area contributed by atoms with Gasteiger partial charge in [-0.15, -0.1) is 11.3 Å². The summed E-state index contributed by atoms with van der Waals surface area (Å²) in [7, 11) is 0. The zero-order chi connectivity index (χ0) is 21.4. The van der Waals surface area contributed by atoms with Crippen molar-refractivity contribution in [2.45, 2.75) is 27.2 Å². The van der Waals surface area contributed by atoms with Crippen molar-refractivity contribution in [3.8, 4) is 5.75 Å². The fourth-order valence-electron chi connectivity index (χ4n) is 2.57.